The monoisotopic (exact) mass is 279 g/mol. The molecule has 6 nitrogen and oxygen atoms in total. The Morgan fingerprint density at radius 1 is 1.40 bits per heavy atom. The van der Waals surface area contributed by atoms with Crippen LogP contribution in [0.3, 0.4) is 0 Å². The number of amides is 1. The minimum atomic E-state index is -0.0984. The summed E-state index contributed by atoms with van der Waals surface area (Å²) in [4.78, 5) is 24.7. The van der Waals surface area contributed by atoms with Gasteiger partial charge in [0, 0.05) is 37.6 Å². The summed E-state index contributed by atoms with van der Waals surface area (Å²) in [6.07, 6.45) is 0. The number of nitrogens with one attached hydrogen (secondary N) is 1. The number of methoxy groups -OCH3 is 1. The van der Waals surface area contributed by atoms with Gasteiger partial charge in [0.2, 0.25) is 5.91 Å². The number of benzene rings is 1. The molecule has 1 aromatic rings. The van der Waals surface area contributed by atoms with Crippen molar-refractivity contribution in [1.82, 2.24) is 5.32 Å². The molecule has 0 fully saturated rings. The maximum Gasteiger partial charge on any atom is 0.239 e. The van der Waals surface area contributed by atoms with Gasteiger partial charge < -0.3 is 20.7 Å². The first-order chi connectivity index (χ1) is 9.45. The normalized spacial score (nSPS) is 10.2. The molecule has 0 unspecified atom stereocenters. The van der Waals surface area contributed by atoms with E-state index in [1.807, 2.05) is 0 Å². The number of likely N-dealkylation sites (N-methyl/N-ethyl adjacent to an activating group) is 1. The molecule has 3 N–H and O–H groups in total. The largest absolute Gasteiger partial charge is 0.398 e. The maximum atomic E-state index is 11.7. The van der Waals surface area contributed by atoms with Crippen LogP contribution in [0.4, 0.5) is 11.4 Å². The van der Waals surface area contributed by atoms with E-state index in [9.17, 15) is 9.59 Å². The second kappa shape index (κ2) is 7.49. The van der Waals surface area contributed by atoms with E-state index in [0.717, 1.165) is 5.69 Å². The summed E-state index contributed by atoms with van der Waals surface area (Å²) in [6.45, 7) is 2.64. The molecule has 1 amide bonds. The number of rotatable bonds is 7. The Hall–Kier alpha value is -2.08. The van der Waals surface area contributed by atoms with E-state index < -0.39 is 0 Å². The average Bonchev–Trinajstić information content (AvgIpc) is 2.38. The summed E-state index contributed by atoms with van der Waals surface area (Å²) in [6, 6.07) is 5.14. The second-order valence-corrected chi connectivity index (χ2v) is 4.53. The van der Waals surface area contributed by atoms with Crippen molar-refractivity contribution in [3.05, 3.63) is 23.8 Å². The van der Waals surface area contributed by atoms with Crippen LogP contribution in [0.25, 0.3) is 0 Å². The van der Waals surface area contributed by atoms with Crippen molar-refractivity contribution >= 4 is 23.1 Å². The Balaban J connectivity index is 2.63. The summed E-state index contributed by atoms with van der Waals surface area (Å²) in [5.41, 5.74) is 7.52. The number of Topliss-reactive ketones (excluding diaryl/α,β-unsaturated/α-hetero) is 1. The molecule has 6 heteroatoms. The highest BCUT2D eigenvalue weighted by Gasteiger charge is 2.10. The van der Waals surface area contributed by atoms with Crippen molar-refractivity contribution in [2.75, 3.05) is 44.5 Å². The lowest BCUT2D eigenvalue weighted by Gasteiger charge is -2.19. The van der Waals surface area contributed by atoms with Crippen molar-refractivity contribution < 1.29 is 14.3 Å². The highest BCUT2D eigenvalue weighted by atomic mass is 16.5. The number of hydrogen-bond acceptors (Lipinski definition) is 5. The van der Waals surface area contributed by atoms with E-state index >= 15 is 0 Å². The number of carbonyl (C=O) groups is 2. The van der Waals surface area contributed by atoms with E-state index in [0.29, 0.717) is 24.4 Å². The lowest BCUT2D eigenvalue weighted by Crippen LogP contribution is -2.36. The van der Waals surface area contributed by atoms with Crippen molar-refractivity contribution in [3.8, 4) is 0 Å². The smallest absolute Gasteiger partial charge is 0.239 e. The number of ether oxygens (including phenoxy) is 1. The molecule has 0 aliphatic carbocycles. The van der Waals surface area contributed by atoms with Gasteiger partial charge in [-0.05, 0) is 25.1 Å². The fraction of sp³-hybridized carbons (Fsp3) is 0.429. The van der Waals surface area contributed by atoms with Crippen LogP contribution in [-0.4, -0.2) is 45.5 Å². The first kappa shape index (κ1) is 16.0. The summed E-state index contributed by atoms with van der Waals surface area (Å²) >= 11 is 0. The van der Waals surface area contributed by atoms with Gasteiger partial charge in [0.15, 0.2) is 5.78 Å². The number of carbonyl (C=O) groups excluding carboxylic acids is 2. The number of ketones is 1. The van der Waals surface area contributed by atoms with Crippen LogP contribution in [0.5, 0.6) is 0 Å². The van der Waals surface area contributed by atoms with Gasteiger partial charge in [0.25, 0.3) is 0 Å². The third-order valence-electron chi connectivity index (χ3n) is 2.86. The molecule has 0 aliphatic rings. The van der Waals surface area contributed by atoms with Crippen LogP contribution in [0.2, 0.25) is 0 Å². The molecule has 0 aliphatic heterocycles. The predicted octanol–water partition coefficient (Wildman–Crippen LogP) is 0.670. The summed E-state index contributed by atoms with van der Waals surface area (Å²) in [5, 5.41) is 2.74. The zero-order valence-corrected chi connectivity index (χ0v) is 12.1. The minimum absolute atomic E-state index is 0.0750. The van der Waals surface area contributed by atoms with Crippen LogP contribution in [0, 0.1) is 0 Å². The minimum Gasteiger partial charge on any atom is -0.398 e. The molecule has 0 saturated carbocycles. The zero-order valence-electron chi connectivity index (χ0n) is 12.1. The zero-order chi connectivity index (χ0) is 15.1. The fourth-order valence-electron chi connectivity index (χ4n) is 1.76. The van der Waals surface area contributed by atoms with Gasteiger partial charge in [-0.1, -0.05) is 0 Å². The highest BCUT2D eigenvalue weighted by Crippen LogP contribution is 2.20. The van der Waals surface area contributed by atoms with E-state index in [1.54, 1.807) is 37.3 Å². The lowest BCUT2D eigenvalue weighted by molar-refractivity contribution is -0.119. The number of nitrogens with two attached hydrogens (primary N) is 1. The van der Waals surface area contributed by atoms with E-state index in [-0.39, 0.29) is 18.2 Å². The van der Waals surface area contributed by atoms with Gasteiger partial charge in [0.1, 0.15) is 0 Å². The van der Waals surface area contributed by atoms with Gasteiger partial charge in [0.05, 0.1) is 13.2 Å². The van der Waals surface area contributed by atoms with E-state index in [1.165, 1.54) is 6.92 Å². The molecule has 20 heavy (non-hydrogen) atoms. The lowest BCUT2D eigenvalue weighted by atomic mass is 10.1. The summed E-state index contributed by atoms with van der Waals surface area (Å²) in [7, 11) is 3.37. The predicted molar refractivity (Wildman–Crippen MR) is 79.0 cm³/mol. The molecule has 0 atom stereocenters. The molecule has 0 radical (unpaired) electrons. The van der Waals surface area contributed by atoms with Crippen LogP contribution in [0.1, 0.15) is 17.3 Å². The van der Waals surface area contributed by atoms with Crippen LogP contribution in [-0.2, 0) is 9.53 Å². The topological polar surface area (TPSA) is 84.7 Å². The third kappa shape index (κ3) is 4.55. The molecule has 0 bridgehead atoms. The highest BCUT2D eigenvalue weighted by molar-refractivity contribution is 5.99. The second-order valence-electron chi connectivity index (χ2n) is 4.53. The molecule has 1 aromatic carbocycles. The van der Waals surface area contributed by atoms with Gasteiger partial charge in [-0.25, -0.2) is 0 Å². The molecule has 110 valence electrons. The molecule has 0 heterocycles. The van der Waals surface area contributed by atoms with Crippen LogP contribution >= 0.6 is 0 Å². The van der Waals surface area contributed by atoms with Gasteiger partial charge in [-0.15, -0.1) is 0 Å². The maximum absolute atomic E-state index is 11.7. The Morgan fingerprint density at radius 3 is 2.65 bits per heavy atom. The molecular formula is C14H21N3O3. The first-order valence-corrected chi connectivity index (χ1v) is 6.33. The summed E-state index contributed by atoms with van der Waals surface area (Å²) in [5.74, 6) is -0.173. The number of nitrogen functional groups attached to an aromatic ring is 1. The average molecular weight is 279 g/mol. The quantitative estimate of drug-likeness (QED) is 0.435. The van der Waals surface area contributed by atoms with Crippen molar-refractivity contribution in [1.29, 1.82) is 0 Å². The van der Waals surface area contributed by atoms with Crippen molar-refractivity contribution in [2.24, 2.45) is 0 Å². The van der Waals surface area contributed by atoms with Gasteiger partial charge in [-0.2, -0.15) is 0 Å². The third-order valence-corrected chi connectivity index (χ3v) is 2.86. The van der Waals surface area contributed by atoms with Gasteiger partial charge in [-0.3, -0.25) is 9.59 Å². The SMILES string of the molecule is COCCNC(=O)CN(C)c1ccc(C(C)=O)c(N)c1. The number of hydrogen-bond donors (Lipinski definition) is 2. The van der Waals surface area contributed by atoms with E-state index in [4.69, 9.17) is 10.5 Å². The molecule has 0 aromatic heterocycles. The Labute approximate surface area is 118 Å². The fourth-order valence-corrected chi connectivity index (χ4v) is 1.76. The Morgan fingerprint density at radius 2 is 2.10 bits per heavy atom. The molecule has 0 saturated heterocycles. The molecule has 1 rings (SSSR count). The van der Waals surface area contributed by atoms with Crippen molar-refractivity contribution in [2.45, 2.75) is 6.92 Å². The van der Waals surface area contributed by atoms with Crippen molar-refractivity contribution in [3.63, 3.8) is 0 Å². The first-order valence-electron chi connectivity index (χ1n) is 6.33. The van der Waals surface area contributed by atoms with E-state index in [2.05, 4.69) is 5.32 Å². The molecule has 0 spiro atoms. The van der Waals surface area contributed by atoms with Gasteiger partial charge >= 0.3 is 0 Å². The van der Waals surface area contributed by atoms with Crippen LogP contribution in [0.15, 0.2) is 18.2 Å². The molecular weight excluding hydrogens is 258 g/mol. The Bertz CT molecular complexity index is 489. The Kier molecular flexibility index (Phi) is 5.99. The standard InChI is InChI=1S/C14H21N3O3/c1-10(18)12-5-4-11(8-13(12)15)17(2)9-14(19)16-6-7-20-3/h4-5,8H,6-7,9,15H2,1-3H3,(H,16,19). The number of nitrogens with zero attached hydrogens (tertiary/aromatic N) is 1. The van der Waals surface area contributed by atoms with Crippen LogP contribution < -0.4 is 16.0 Å². The summed E-state index contributed by atoms with van der Waals surface area (Å²) < 4.78 is 4.86. The number of anilines is 2.